The van der Waals surface area contributed by atoms with Crippen LogP contribution >= 0.6 is 0 Å². The molecule has 0 aliphatic rings. The first-order chi connectivity index (χ1) is 21.5. The normalized spacial score (nSPS) is 11.2. The van der Waals surface area contributed by atoms with Gasteiger partial charge < -0.3 is 0 Å². The average Bonchev–Trinajstić information content (AvgIpc) is 3.40. The molecule has 0 fully saturated rings. The van der Waals surface area contributed by atoms with Crippen LogP contribution in [0.4, 0.5) is 0 Å². The van der Waals surface area contributed by atoms with Gasteiger partial charge in [-0.15, -0.1) is 0 Å². The summed E-state index contributed by atoms with van der Waals surface area (Å²) in [6.45, 7) is 20.2. The number of benzene rings is 5. The molecule has 0 spiro atoms. The molecular weight excluding hydrogens is 543 g/mol. The highest BCUT2D eigenvalue weighted by Crippen LogP contribution is 2.33. The zero-order valence-electron chi connectivity index (χ0n) is 28.2. The van der Waals surface area contributed by atoms with E-state index in [1.165, 1.54) is 72.1 Å². The van der Waals surface area contributed by atoms with Gasteiger partial charge in [0.25, 0.3) is 0 Å². The smallest absolute Gasteiger partial charge is 0.242 e. The molecule has 0 saturated heterocycles. The average molecular weight is 587 g/mol. The Kier molecular flexibility index (Phi) is 8.14. The quantitative estimate of drug-likeness (QED) is 0.179. The largest absolute Gasteiger partial charge is 0.292 e. The summed E-state index contributed by atoms with van der Waals surface area (Å²) in [5.41, 5.74) is 20.4. The number of rotatable bonds is 6. The van der Waals surface area contributed by atoms with E-state index in [9.17, 15) is 0 Å². The van der Waals surface area contributed by atoms with Crippen LogP contribution in [0.15, 0.2) is 97.2 Å². The van der Waals surface area contributed by atoms with Gasteiger partial charge in [0.1, 0.15) is 5.82 Å². The summed E-state index contributed by atoms with van der Waals surface area (Å²) >= 11 is 0. The van der Waals surface area contributed by atoms with Crippen LogP contribution in [0.25, 0.3) is 28.3 Å². The molecule has 6 rings (SSSR count). The first-order valence-corrected chi connectivity index (χ1v) is 16.0. The zero-order valence-corrected chi connectivity index (χ0v) is 28.2. The van der Waals surface area contributed by atoms with Crippen molar-refractivity contribution in [3.05, 3.63) is 147 Å². The number of hydrogen-bond acceptors (Lipinski definition) is 1. The van der Waals surface area contributed by atoms with Crippen molar-refractivity contribution in [2.24, 2.45) is 0 Å². The van der Waals surface area contributed by atoms with Gasteiger partial charge in [-0.25, -0.2) is 4.98 Å². The van der Waals surface area contributed by atoms with E-state index in [1.54, 1.807) is 0 Å². The maximum absolute atomic E-state index is 5.02. The topological polar surface area (TPSA) is 17.8 Å². The Morgan fingerprint density at radius 2 is 0.933 bits per heavy atom. The van der Waals surface area contributed by atoms with E-state index in [0.717, 1.165) is 22.6 Å². The lowest BCUT2D eigenvalue weighted by atomic mass is 9.34. The summed E-state index contributed by atoms with van der Waals surface area (Å²) in [5.74, 6) is 0.958. The zero-order chi connectivity index (χ0) is 32.0. The molecule has 45 heavy (non-hydrogen) atoms. The molecule has 0 atom stereocenters. The number of hydrogen-bond donors (Lipinski definition) is 0. The molecule has 0 saturated carbocycles. The molecule has 0 unspecified atom stereocenters. The van der Waals surface area contributed by atoms with Crippen LogP contribution in [0.5, 0.6) is 0 Å². The van der Waals surface area contributed by atoms with E-state index < -0.39 is 0 Å². The second kappa shape index (κ2) is 12.0. The first kappa shape index (κ1) is 30.4. The van der Waals surface area contributed by atoms with Crippen LogP contribution in [-0.4, -0.2) is 16.3 Å². The van der Waals surface area contributed by atoms with Crippen molar-refractivity contribution in [1.82, 2.24) is 9.55 Å². The van der Waals surface area contributed by atoms with Crippen LogP contribution in [0.1, 0.15) is 50.1 Å². The van der Waals surface area contributed by atoms with Crippen molar-refractivity contribution in [1.29, 1.82) is 0 Å². The van der Waals surface area contributed by atoms with Crippen LogP contribution < -0.4 is 16.4 Å². The van der Waals surface area contributed by atoms with Crippen LogP contribution in [0.3, 0.4) is 0 Å². The first-order valence-electron chi connectivity index (χ1n) is 16.0. The summed E-state index contributed by atoms with van der Waals surface area (Å²) in [7, 11) is 0. The minimum absolute atomic E-state index is 0.145. The van der Waals surface area contributed by atoms with Crippen LogP contribution in [-0.2, 0) is 0 Å². The van der Waals surface area contributed by atoms with Gasteiger partial charge in [-0.05, 0) is 73.4 Å². The molecule has 0 aliphatic heterocycles. The maximum Gasteiger partial charge on any atom is 0.242 e. The van der Waals surface area contributed by atoms with E-state index in [1.807, 2.05) is 6.20 Å². The van der Waals surface area contributed by atoms with Gasteiger partial charge in [0.15, 0.2) is 0 Å². The van der Waals surface area contributed by atoms with Crippen molar-refractivity contribution >= 4 is 23.1 Å². The van der Waals surface area contributed by atoms with Crippen molar-refractivity contribution < 1.29 is 0 Å². The Hall–Kier alpha value is -4.63. The van der Waals surface area contributed by atoms with E-state index in [-0.39, 0.29) is 6.71 Å². The fourth-order valence-corrected chi connectivity index (χ4v) is 7.71. The molecule has 6 aromatic rings. The molecule has 0 amide bonds. The lowest BCUT2D eigenvalue weighted by molar-refractivity contribution is 1.03. The Bertz CT molecular complexity index is 1900. The molecular formula is C42H43BN2. The molecule has 0 N–H and O–H groups in total. The van der Waals surface area contributed by atoms with Crippen LogP contribution in [0, 0.1) is 62.3 Å². The van der Waals surface area contributed by atoms with Crippen molar-refractivity contribution in [2.45, 2.75) is 62.3 Å². The highest BCUT2D eigenvalue weighted by Gasteiger charge is 2.28. The Morgan fingerprint density at radius 3 is 1.40 bits per heavy atom. The highest BCUT2D eigenvalue weighted by atomic mass is 15.1. The Labute approximate surface area is 269 Å². The molecule has 1 heterocycles. The van der Waals surface area contributed by atoms with E-state index in [4.69, 9.17) is 4.98 Å². The molecule has 2 nitrogen and oxygen atoms in total. The molecule has 0 bridgehead atoms. The van der Waals surface area contributed by atoms with Gasteiger partial charge in [-0.1, -0.05) is 146 Å². The van der Waals surface area contributed by atoms with Crippen molar-refractivity contribution in [3.8, 4) is 28.3 Å². The highest BCUT2D eigenvalue weighted by molar-refractivity contribution is 6.96. The third-order valence-electron chi connectivity index (χ3n) is 9.25. The van der Waals surface area contributed by atoms with E-state index in [0.29, 0.717) is 0 Å². The predicted octanol–water partition coefficient (Wildman–Crippen LogP) is 8.50. The third kappa shape index (κ3) is 5.68. The molecule has 3 heteroatoms. The second-order valence-corrected chi connectivity index (χ2v) is 13.1. The second-order valence-electron chi connectivity index (χ2n) is 13.1. The standard InChI is InChI=1S/C42H43BN2/c1-26-19-29(4)39(30(5)20-26)43(40-31(6)21-27(2)22-32(40)7)37-17-15-35(16-18-37)38-25-44-42(36-13-11-10-12-14-36)45(38)41-33(8)23-28(3)24-34(41)9/h10-25H,1-9H3. The molecule has 0 radical (unpaired) electrons. The molecule has 224 valence electrons. The summed E-state index contributed by atoms with van der Waals surface area (Å²) < 4.78 is 2.36. The van der Waals surface area contributed by atoms with Crippen LogP contribution in [0.2, 0.25) is 0 Å². The van der Waals surface area contributed by atoms with Gasteiger partial charge >= 0.3 is 0 Å². The fraction of sp³-hybridized carbons (Fsp3) is 0.214. The minimum atomic E-state index is 0.145. The SMILES string of the molecule is Cc1cc(C)c(B(c2ccc(-c3cnc(-c4ccccc4)n3-c3c(C)cc(C)cc3C)cc2)c2c(C)cc(C)cc2C)c(C)c1. The predicted molar refractivity (Wildman–Crippen MR) is 195 cm³/mol. The van der Waals surface area contributed by atoms with Gasteiger partial charge in [0.05, 0.1) is 17.6 Å². The number of aromatic nitrogens is 2. The summed E-state index contributed by atoms with van der Waals surface area (Å²) in [4.78, 5) is 5.02. The van der Waals surface area contributed by atoms with Gasteiger partial charge in [0.2, 0.25) is 6.71 Å². The summed E-state index contributed by atoms with van der Waals surface area (Å²) in [6.07, 6.45) is 2.04. The summed E-state index contributed by atoms with van der Waals surface area (Å²) in [5, 5.41) is 0. The van der Waals surface area contributed by atoms with Gasteiger partial charge in [-0.3, -0.25) is 4.57 Å². The van der Waals surface area contributed by atoms with Gasteiger partial charge in [0, 0.05) is 11.1 Å². The monoisotopic (exact) mass is 586 g/mol. The third-order valence-corrected chi connectivity index (χ3v) is 9.25. The van der Waals surface area contributed by atoms with Crippen molar-refractivity contribution in [2.75, 3.05) is 0 Å². The number of nitrogens with zero attached hydrogens (tertiary/aromatic N) is 2. The number of aryl methyl sites for hydroxylation is 9. The maximum atomic E-state index is 5.02. The molecule has 1 aromatic heterocycles. The molecule has 0 aliphatic carbocycles. The van der Waals surface area contributed by atoms with Crippen molar-refractivity contribution in [3.63, 3.8) is 0 Å². The Balaban J connectivity index is 1.55. The fourth-order valence-electron chi connectivity index (χ4n) is 7.71. The van der Waals surface area contributed by atoms with Gasteiger partial charge in [-0.2, -0.15) is 0 Å². The van der Waals surface area contributed by atoms with E-state index in [2.05, 4.69) is 158 Å². The van der Waals surface area contributed by atoms with E-state index >= 15 is 0 Å². The Morgan fingerprint density at radius 1 is 0.489 bits per heavy atom. The minimum Gasteiger partial charge on any atom is -0.292 e. The lowest BCUT2D eigenvalue weighted by Gasteiger charge is -2.25. The summed E-state index contributed by atoms with van der Waals surface area (Å²) in [6, 6.07) is 33.7. The number of imidazole rings is 1. The molecule has 5 aromatic carbocycles. The lowest BCUT2D eigenvalue weighted by Crippen LogP contribution is -2.55.